The molecule has 5 rings (SSSR count). The normalized spacial score (nSPS) is 13.9. The molecule has 4 aromatic heterocycles. The van der Waals surface area contributed by atoms with E-state index in [1.807, 2.05) is 0 Å². The van der Waals surface area contributed by atoms with E-state index in [9.17, 15) is 23.9 Å². The monoisotopic (exact) mass is 470 g/mol. The van der Waals surface area contributed by atoms with Crippen molar-refractivity contribution in [3.8, 4) is 5.13 Å². The minimum atomic E-state index is -1.45. The van der Waals surface area contributed by atoms with E-state index >= 15 is 0 Å². The zero-order chi connectivity index (χ0) is 23.3. The molecule has 0 atom stereocenters. The molecule has 0 radical (unpaired) electrons. The number of aryl methyl sites for hydroxylation is 1. The Morgan fingerprint density at radius 2 is 2.12 bits per heavy atom. The molecule has 168 valence electrons. The second-order valence-corrected chi connectivity index (χ2v) is 8.30. The predicted molar refractivity (Wildman–Crippen MR) is 113 cm³/mol. The van der Waals surface area contributed by atoms with Gasteiger partial charge in [-0.25, -0.2) is 24.1 Å². The molecule has 0 saturated carbocycles. The average molecular weight is 470 g/mol. The van der Waals surface area contributed by atoms with Crippen molar-refractivity contribution in [2.75, 3.05) is 18.0 Å². The van der Waals surface area contributed by atoms with Gasteiger partial charge in [-0.05, 0) is 13.0 Å². The quantitative estimate of drug-likeness (QED) is 0.441. The van der Waals surface area contributed by atoms with Crippen molar-refractivity contribution in [1.29, 1.82) is 0 Å². The first kappa shape index (κ1) is 20.9. The first-order chi connectivity index (χ1) is 15.8. The maximum atomic E-state index is 14.9. The van der Waals surface area contributed by atoms with Crippen molar-refractivity contribution in [3.05, 3.63) is 58.0 Å². The van der Waals surface area contributed by atoms with Crippen LogP contribution in [0.5, 0.6) is 0 Å². The highest BCUT2D eigenvalue weighted by atomic mass is 32.1. The highest BCUT2D eigenvalue weighted by Crippen LogP contribution is 2.29. The van der Waals surface area contributed by atoms with Gasteiger partial charge in [0.25, 0.3) is 0 Å². The molecule has 33 heavy (non-hydrogen) atoms. The van der Waals surface area contributed by atoms with Crippen LogP contribution in [0.15, 0.2) is 34.0 Å². The van der Waals surface area contributed by atoms with Gasteiger partial charge in [-0.2, -0.15) is 4.37 Å². The van der Waals surface area contributed by atoms with Crippen LogP contribution in [-0.4, -0.2) is 53.8 Å². The van der Waals surface area contributed by atoms with Gasteiger partial charge in [0.15, 0.2) is 17.3 Å². The third-order valence-corrected chi connectivity index (χ3v) is 6.00. The maximum Gasteiger partial charge on any atom is 0.341 e. The van der Waals surface area contributed by atoms with Crippen LogP contribution in [0, 0.1) is 18.7 Å². The number of pyridine rings is 2. The third-order valence-electron chi connectivity index (χ3n) is 5.33. The summed E-state index contributed by atoms with van der Waals surface area (Å²) >= 11 is 0.962. The van der Waals surface area contributed by atoms with Crippen LogP contribution in [0.1, 0.15) is 22.0 Å². The van der Waals surface area contributed by atoms with Crippen molar-refractivity contribution < 1.29 is 23.5 Å². The molecule has 5 heterocycles. The Kier molecular flexibility index (Phi) is 4.96. The Morgan fingerprint density at radius 3 is 2.76 bits per heavy atom. The predicted octanol–water partition coefficient (Wildman–Crippen LogP) is 1.62. The van der Waals surface area contributed by atoms with Gasteiger partial charge in [0.2, 0.25) is 16.5 Å². The van der Waals surface area contributed by atoms with Crippen molar-refractivity contribution in [3.63, 3.8) is 0 Å². The van der Waals surface area contributed by atoms with E-state index in [4.69, 9.17) is 4.42 Å². The molecule has 0 aliphatic carbocycles. The fourth-order valence-corrected chi connectivity index (χ4v) is 4.15. The van der Waals surface area contributed by atoms with Crippen LogP contribution in [-0.2, 0) is 11.2 Å². The lowest BCUT2D eigenvalue weighted by atomic mass is 9.93. The Balaban J connectivity index is 1.48. The summed E-state index contributed by atoms with van der Waals surface area (Å²) < 4.78 is 25.4. The van der Waals surface area contributed by atoms with Crippen molar-refractivity contribution in [1.82, 2.24) is 23.9 Å². The molecule has 4 aromatic rings. The smallest absolute Gasteiger partial charge is 0.341 e. The molecule has 0 bridgehead atoms. The zero-order valence-electron chi connectivity index (χ0n) is 17.1. The molecule has 13 heteroatoms. The standard InChI is InChI=1S/C20H15FN6O5S/c1-9-4-22-15(32-9)3-14(28)10-5-26(6-10)18-13(21)2-11-16(29)12(19(30)31)7-27(17(11)25-18)20-23-8-24-33-20/h2,4,7-8,10H,3,5-6H2,1H3,(H,30,31). The van der Waals surface area contributed by atoms with E-state index in [-0.39, 0.29) is 53.2 Å². The molecule has 0 unspecified atom stereocenters. The number of carboxylic acid groups (broad SMARTS) is 1. The number of fused-ring (bicyclic) bond motifs is 1. The van der Waals surface area contributed by atoms with E-state index in [1.165, 1.54) is 17.1 Å². The summed E-state index contributed by atoms with van der Waals surface area (Å²) in [6.07, 6.45) is 3.96. The number of rotatable bonds is 6. The molecule has 1 N–H and O–H groups in total. The summed E-state index contributed by atoms with van der Waals surface area (Å²) in [5, 5.41) is 9.46. The molecular formula is C20H15FN6O5S. The van der Waals surface area contributed by atoms with E-state index in [2.05, 4.69) is 19.3 Å². The maximum absolute atomic E-state index is 14.9. The number of aromatic carboxylic acids is 1. The Labute approximate surface area is 188 Å². The number of carbonyl (C=O) groups is 2. The lowest BCUT2D eigenvalue weighted by Gasteiger charge is -2.39. The first-order valence-electron chi connectivity index (χ1n) is 9.77. The number of nitrogens with zero attached hydrogens (tertiary/aromatic N) is 6. The summed E-state index contributed by atoms with van der Waals surface area (Å²) in [4.78, 5) is 50.6. The Bertz CT molecular complexity index is 1460. The van der Waals surface area contributed by atoms with E-state index in [0.717, 1.165) is 23.8 Å². The Hall–Kier alpha value is -4.00. The number of hydrogen-bond acceptors (Lipinski definition) is 10. The zero-order valence-corrected chi connectivity index (χ0v) is 17.9. The van der Waals surface area contributed by atoms with Crippen LogP contribution >= 0.6 is 11.5 Å². The van der Waals surface area contributed by atoms with Gasteiger partial charge >= 0.3 is 5.97 Å². The largest absolute Gasteiger partial charge is 0.477 e. The minimum absolute atomic E-state index is 0.0424. The summed E-state index contributed by atoms with van der Waals surface area (Å²) in [5.74, 6) is -1.75. The van der Waals surface area contributed by atoms with Crippen LogP contribution in [0.25, 0.3) is 16.2 Å². The van der Waals surface area contributed by atoms with Crippen LogP contribution in [0.4, 0.5) is 10.2 Å². The number of anilines is 1. The number of ketones is 1. The fourth-order valence-electron chi connectivity index (χ4n) is 3.64. The van der Waals surface area contributed by atoms with Gasteiger partial charge in [-0.3, -0.25) is 14.2 Å². The number of carbonyl (C=O) groups excluding carboxylic acids is 1. The lowest BCUT2D eigenvalue weighted by molar-refractivity contribution is -0.123. The van der Waals surface area contributed by atoms with Gasteiger partial charge in [0.1, 0.15) is 23.4 Å². The summed E-state index contributed by atoms with van der Waals surface area (Å²) in [6.45, 7) is 2.22. The molecule has 0 spiro atoms. The molecule has 1 saturated heterocycles. The van der Waals surface area contributed by atoms with Crippen LogP contribution in [0.2, 0.25) is 0 Å². The molecule has 1 fully saturated rings. The minimum Gasteiger partial charge on any atom is -0.477 e. The molecule has 0 amide bonds. The van der Waals surface area contributed by atoms with E-state index in [1.54, 1.807) is 11.8 Å². The molecular weight excluding hydrogens is 455 g/mol. The topological polar surface area (TPSA) is 144 Å². The second-order valence-electron chi connectivity index (χ2n) is 7.55. The average Bonchev–Trinajstić information content (AvgIpc) is 3.40. The van der Waals surface area contributed by atoms with Crippen molar-refractivity contribution >= 4 is 40.1 Å². The van der Waals surface area contributed by atoms with Gasteiger partial charge in [-0.1, -0.05) is 0 Å². The van der Waals surface area contributed by atoms with Crippen molar-refractivity contribution in [2.24, 2.45) is 5.92 Å². The lowest BCUT2D eigenvalue weighted by Crippen LogP contribution is -2.51. The van der Waals surface area contributed by atoms with Gasteiger partial charge in [0.05, 0.1) is 23.9 Å². The van der Waals surface area contributed by atoms with Gasteiger partial charge < -0.3 is 14.4 Å². The number of hydrogen-bond donors (Lipinski definition) is 1. The van der Waals surface area contributed by atoms with Gasteiger partial charge in [-0.15, -0.1) is 0 Å². The molecule has 11 nitrogen and oxygen atoms in total. The summed E-state index contributed by atoms with van der Waals surface area (Å²) in [7, 11) is 0. The fraction of sp³-hybridized carbons (Fsp3) is 0.250. The number of Topliss-reactive ketones (excluding diaryl/α,β-unsaturated/α-hetero) is 1. The van der Waals surface area contributed by atoms with E-state index in [0.29, 0.717) is 11.7 Å². The molecule has 1 aliphatic rings. The Morgan fingerprint density at radius 1 is 1.33 bits per heavy atom. The number of halogens is 1. The number of aromatic nitrogens is 5. The highest BCUT2D eigenvalue weighted by Gasteiger charge is 2.35. The van der Waals surface area contributed by atoms with Crippen LogP contribution < -0.4 is 10.3 Å². The SMILES string of the molecule is Cc1cnc(CC(=O)C2CN(c3nc4c(cc3F)c(=O)c(C(=O)O)cn4-c3ncns3)C2)o1. The summed E-state index contributed by atoms with van der Waals surface area (Å²) in [6, 6.07) is 0.967. The van der Waals surface area contributed by atoms with Crippen LogP contribution in [0.3, 0.4) is 0 Å². The third kappa shape index (κ3) is 3.65. The van der Waals surface area contributed by atoms with Crippen molar-refractivity contribution in [2.45, 2.75) is 13.3 Å². The summed E-state index contributed by atoms with van der Waals surface area (Å²) in [5.41, 5.74) is -1.35. The number of oxazole rings is 1. The van der Waals surface area contributed by atoms with Gasteiger partial charge in [0, 0.05) is 30.8 Å². The molecule has 1 aliphatic heterocycles. The molecule has 0 aromatic carbocycles. The first-order valence-corrected chi connectivity index (χ1v) is 10.5. The van der Waals surface area contributed by atoms with E-state index < -0.39 is 22.8 Å². The highest BCUT2D eigenvalue weighted by molar-refractivity contribution is 7.08. The number of carboxylic acids is 1. The second kappa shape index (κ2) is 7.85.